The number of rotatable bonds is 0. The maximum atomic E-state index is 6.82. The lowest BCUT2D eigenvalue weighted by Crippen LogP contribution is -2.33. The van der Waals surface area contributed by atoms with Gasteiger partial charge in [0, 0.05) is 10.9 Å². The Bertz CT molecular complexity index is 2630. The Hall–Kier alpha value is -4.91. The van der Waals surface area contributed by atoms with Crippen molar-refractivity contribution in [2.75, 3.05) is 0 Å². The smallest absolute Gasteiger partial charge is 0.0534 e. The average molecular weight is 605 g/mol. The van der Waals surface area contributed by atoms with Crippen LogP contribution in [-0.2, 0) is 5.41 Å². The zero-order valence-corrected chi connectivity index (χ0v) is 26.0. The lowest BCUT2D eigenvalue weighted by Gasteiger charge is -2.37. The second kappa shape index (κ2) is 8.87. The summed E-state index contributed by atoms with van der Waals surface area (Å²) in [6.07, 6.45) is 7.32. The summed E-state index contributed by atoms with van der Waals surface area (Å²) in [4.78, 5) is 0. The molecule has 0 heterocycles. The fourth-order valence-corrected chi connectivity index (χ4v) is 10.3. The molecule has 0 aliphatic heterocycles. The van der Waals surface area contributed by atoms with Gasteiger partial charge in [-0.05, 0) is 130 Å². The Labute approximate surface area is 272 Å². The van der Waals surface area contributed by atoms with Crippen molar-refractivity contribution in [3.63, 3.8) is 0 Å². The minimum Gasteiger partial charge on any atom is -0.0882 e. The van der Waals surface area contributed by atoms with E-state index in [9.17, 15) is 0 Å². The first-order valence-electron chi connectivity index (χ1n) is 16.5. The normalized spacial score (nSPS) is 18.9. The molecule has 0 fully saturated rings. The van der Waals surface area contributed by atoms with Crippen molar-refractivity contribution in [3.05, 3.63) is 167 Å². The van der Waals surface area contributed by atoms with Crippen LogP contribution in [0.4, 0.5) is 0 Å². The monoisotopic (exact) mass is 604 g/mol. The van der Waals surface area contributed by atoms with Crippen molar-refractivity contribution in [3.8, 4) is 11.1 Å². The van der Waals surface area contributed by atoms with Gasteiger partial charge in [0.05, 0.1) is 5.41 Å². The van der Waals surface area contributed by atoms with Gasteiger partial charge in [-0.15, -0.1) is 0 Å². The molecule has 0 aromatic heterocycles. The third-order valence-electron chi connectivity index (χ3n) is 11.7. The van der Waals surface area contributed by atoms with Crippen molar-refractivity contribution < 1.29 is 0 Å². The molecule has 0 N–H and O–H groups in total. The second-order valence-corrected chi connectivity index (χ2v) is 14.0. The topological polar surface area (TPSA) is 0 Å². The quantitative estimate of drug-likeness (QED) is 0.119. The Balaban J connectivity index is 1.39. The summed E-state index contributed by atoms with van der Waals surface area (Å²) in [5, 5.41) is 13.8. The van der Waals surface area contributed by atoms with E-state index in [0.717, 1.165) is 11.4 Å². The van der Waals surface area contributed by atoms with Crippen LogP contribution in [0, 0.1) is 5.92 Å². The van der Waals surface area contributed by atoms with Crippen molar-refractivity contribution >= 4 is 65.5 Å². The van der Waals surface area contributed by atoms with E-state index in [1.165, 1.54) is 93.7 Å². The molecule has 46 heavy (non-hydrogen) atoms. The molecule has 2 atom stereocenters. The van der Waals surface area contributed by atoms with Crippen LogP contribution in [0.25, 0.3) is 65.0 Å². The highest BCUT2D eigenvalue weighted by atomic mass is 35.5. The molecule has 0 saturated carbocycles. The van der Waals surface area contributed by atoms with Crippen LogP contribution in [0.1, 0.15) is 41.0 Å². The Kier molecular flexibility index (Phi) is 4.88. The predicted octanol–water partition coefficient (Wildman–Crippen LogP) is 12.5. The summed E-state index contributed by atoms with van der Waals surface area (Å²) < 4.78 is 0. The van der Waals surface area contributed by atoms with Crippen LogP contribution in [0.15, 0.2) is 140 Å². The molecule has 1 spiro atoms. The Morgan fingerprint density at radius 2 is 1.07 bits per heavy atom. The van der Waals surface area contributed by atoms with E-state index in [2.05, 4.69) is 140 Å². The van der Waals surface area contributed by atoms with Gasteiger partial charge in [0.15, 0.2) is 0 Å². The van der Waals surface area contributed by atoms with Gasteiger partial charge in [-0.25, -0.2) is 0 Å². The second-order valence-electron chi connectivity index (χ2n) is 13.6. The number of fused-ring (bicyclic) bond motifs is 21. The average Bonchev–Trinajstić information content (AvgIpc) is 3.57. The van der Waals surface area contributed by atoms with Gasteiger partial charge < -0.3 is 0 Å². The van der Waals surface area contributed by atoms with Crippen molar-refractivity contribution in [1.82, 2.24) is 0 Å². The molecule has 0 saturated heterocycles. The van der Waals surface area contributed by atoms with E-state index in [-0.39, 0.29) is 5.41 Å². The van der Waals surface area contributed by atoms with E-state index in [4.69, 9.17) is 11.6 Å². The first-order chi connectivity index (χ1) is 22.7. The summed E-state index contributed by atoms with van der Waals surface area (Å²) in [6, 6.07) is 48.1. The van der Waals surface area contributed by atoms with Crippen LogP contribution in [0.5, 0.6) is 0 Å². The zero-order valence-electron chi connectivity index (χ0n) is 25.2. The van der Waals surface area contributed by atoms with Crippen LogP contribution in [0.2, 0.25) is 5.02 Å². The minimum atomic E-state index is -0.211. The lowest BCUT2D eigenvalue weighted by molar-refractivity contribution is 0.399. The Morgan fingerprint density at radius 3 is 1.74 bits per heavy atom. The first-order valence-corrected chi connectivity index (χ1v) is 16.9. The van der Waals surface area contributed by atoms with Gasteiger partial charge in [0.2, 0.25) is 0 Å². The summed E-state index contributed by atoms with van der Waals surface area (Å²) in [5.74, 6) is 0.841. The molecule has 8 aromatic carbocycles. The molecular formula is C45H29Cl. The van der Waals surface area contributed by atoms with Crippen LogP contribution < -0.4 is 0 Å². The number of allylic oxidation sites excluding steroid dienone is 2. The molecule has 0 radical (unpaired) electrons. The molecule has 0 bridgehead atoms. The van der Waals surface area contributed by atoms with Crippen LogP contribution >= 0.6 is 11.6 Å². The van der Waals surface area contributed by atoms with Crippen LogP contribution in [0.3, 0.4) is 0 Å². The zero-order chi connectivity index (χ0) is 30.1. The number of hydrogen-bond donors (Lipinski definition) is 0. The molecular weight excluding hydrogens is 576 g/mol. The molecule has 0 amide bonds. The molecule has 1 heteroatoms. The molecule has 3 aliphatic carbocycles. The number of hydrogen-bond acceptors (Lipinski definition) is 0. The third kappa shape index (κ3) is 2.93. The van der Waals surface area contributed by atoms with Gasteiger partial charge in [-0.2, -0.15) is 0 Å². The summed E-state index contributed by atoms with van der Waals surface area (Å²) in [7, 11) is 0. The SMILES string of the molecule is Clc1ccc2c3cc4c(cc3c3c5ccccc5c5ccccc5c3c2c1)C1CCC=CC1C41c2ccccc2-c2ccccc21. The predicted molar refractivity (Wildman–Crippen MR) is 195 cm³/mol. The van der Waals surface area contributed by atoms with Crippen LogP contribution in [-0.4, -0.2) is 0 Å². The van der Waals surface area contributed by atoms with Gasteiger partial charge in [-0.1, -0.05) is 127 Å². The largest absolute Gasteiger partial charge is 0.0882 e. The van der Waals surface area contributed by atoms with E-state index < -0.39 is 0 Å². The highest BCUT2D eigenvalue weighted by Crippen LogP contribution is 2.66. The molecule has 216 valence electrons. The van der Waals surface area contributed by atoms with Gasteiger partial charge in [0.25, 0.3) is 0 Å². The highest BCUT2D eigenvalue weighted by molar-refractivity contribution is 6.40. The first kappa shape index (κ1) is 25.3. The Morgan fingerprint density at radius 1 is 0.500 bits per heavy atom. The molecule has 8 aromatic rings. The summed E-state index contributed by atoms with van der Waals surface area (Å²) in [6.45, 7) is 0. The molecule has 0 nitrogen and oxygen atoms in total. The van der Waals surface area contributed by atoms with E-state index in [1.807, 2.05) is 0 Å². The number of halogens is 1. The highest BCUT2D eigenvalue weighted by Gasteiger charge is 2.57. The van der Waals surface area contributed by atoms with Crippen molar-refractivity contribution in [2.45, 2.75) is 24.2 Å². The number of benzene rings is 8. The van der Waals surface area contributed by atoms with E-state index in [1.54, 1.807) is 0 Å². The maximum Gasteiger partial charge on any atom is 0.0534 e. The van der Waals surface area contributed by atoms with Crippen molar-refractivity contribution in [2.24, 2.45) is 5.92 Å². The standard InChI is InChI=1S/C45H29Cl/c46-26-21-22-29-35-25-42-36(24-38(35)44-34-17-4-2-12-28(34)27-11-1-3-16-33(27)43(44)37(29)23-26)32-15-7-10-20-41(32)45(42)39-18-8-5-13-30(39)31-14-6-9-19-40(31)45/h1-6,8-14,16-25,32,41H,7,15H2. The summed E-state index contributed by atoms with van der Waals surface area (Å²) >= 11 is 6.82. The fraction of sp³-hybridized carbons (Fsp3) is 0.111. The van der Waals surface area contributed by atoms with Gasteiger partial charge in [-0.3, -0.25) is 0 Å². The molecule has 3 aliphatic rings. The van der Waals surface area contributed by atoms with Gasteiger partial charge >= 0.3 is 0 Å². The van der Waals surface area contributed by atoms with Gasteiger partial charge in [0.1, 0.15) is 0 Å². The fourth-order valence-electron chi connectivity index (χ4n) is 10.1. The third-order valence-corrected chi connectivity index (χ3v) is 11.9. The molecule has 11 rings (SSSR count). The maximum absolute atomic E-state index is 6.82. The summed E-state index contributed by atoms with van der Waals surface area (Å²) in [5.41, 5.74) is 8.49. The molecule has 2 unspecified atom stereocenters. The van der Waals surface area contributed by atoms with Crippen molar-refractivity contribution in [1.29, 1.82) is 0 Å². The lowest BCUT2D eigenvalue weighted by atomic mass is 9.64. The minimum absolute atomic E-state index is 0.211. The van der Waals surface area contributed by atoms with E-state index >= 15 is 0 Å². The van der Waals surface area contributed by atoms with E-state index in [0.29, 0.717) is 11.8 Å².